The van der Waals surface area contributed by atoms with E-state index in [9.17, 15) is 8.42 Å². The monoisotopic (exact) mass is 311 g/mol. The summed E-state index contributed by atoms with van der Waals surface area (Å²) >= 11 is 0. The maximum Gasteiger partial charge on any atom is 0.243 e. The van der Waals surface area contributed by atoms with Crippen LogP contribution in [0.5, 0.6) is 0 Å². The topological polar surface area (TPSA) is 96.0 Å². The molecule has 1 aromatic rings. The summed E-state index contributed by atoms with van der Waals surface area (Å²) < 4.78 is 26.8. The van der Waals surface area contributed by atoms with Crippen LogP contribution in [0.4, 0.5) is 0 Å². The summed E-state index contributed by atoms with van der Waals surface area (Å²) in [6.45, 7) is 4.52. The second-order valence-electron chi connectivity index (χ2n) is 5.47. The lowest BCUT2D eigenvalue weighted by atomic mass is 9.97. The van der Waals surface area contributed by atoms with Crippen molar-refractivity contribution >= 4 is 15.9 Å². The van der Waals surface area contributed by atoms with Gasteiger partial charge in [0.1, 0.15) is 5.84 Å². The first kappa shape index (κ1) is 15.8. The van der Waals surface area contributed by atoms with E-state index in [1.54, 1.807) is 6.07 Å². The summed E-state index contributed by atoms with van der Waals surface area (Å²) in [5.74, 6) is 0.124. The number of piperidine rings is 1. The van der Waals surface area contributed by atoms with Gasteiger partial charge in [-0.25, -0.2) is 8.42 Å². The Morgan fingerprint density at radius 2 is 1.95 bits per heavy atom. The molecular formula is C14H21N3O3S. The molecule has 1 saturated heterocycles. The highest BCUT2D eigenvalue weighted by atomic mass is 32.2. The first-order valence-corrected chi connectivity index (χ1v) is 8.35. The third-order valence-electron chi connectivity index (χ3n) is 3.94. The predicted molar refractivity (Wildman–Crippen MR) is 80.8 cm³/mol. The second-order valence-corrected chi connectivity index (χ2v) is 7.38. The summed E-state index contributed by atoms with van der Waals surface area (Å²) in [4.78, 5) is 0.357. The normalized spacial score (nSPS) is 18.9. The SMILES string of the molecule is Cc1ccc(S(=O)(=O)N2CCC(C(N)=NO)CC2)c(C)c1. The molecule has 1 heterocycles. The van der Waals surface area contributed by atoms with Crippen LogP contribution in [0.2, 0.25) is 0 Å². The molecule has 0 aromatic heterocycles. The van der Waals surface area contributed by atoms with E-state index in [4.69, 9.17) is 10.9 Å². The van der Waals surface area contributed by atoms with Crippen LogP contribution in [0.1, 0.15) is 24.0 Å². The Hall–Kier alpha value is -1.60. The number of sulfonamides is 1. The van der Waals surface area contributed by atoms with Gasteiger partial charge >= 0.3 is 0 Å². The van der Waals surface area contributed by atoms with E-state index in [1.807, 2.05) is 26.0 Å². The molecule has 0 saturated carbocycles. The van der Waals surface area contributed by atoms with E-state index in [0.29, 0.717) is 30.8 Å². The smallest absolute Gasteiger partial charge is 0.243 e. The van der Waals surface area contributed by atoms with Crippen molar-refractivity contribution in [3.8, 4) is 0 Å². The fourth-order valence-electron chi connectivity index (χ4n) is 2.70. The number of oxime groups is 1. The minimum Gasteiger partial charge on any atom is -0.409 e. The van der Waals surface area contributed by atoms with Gasteiger partial charge < -0.3 is 10.9 Å². The van der Waals surface area contributed by atoms with Gasteiger partial charge in [-0.1, -0.05) is 22.9 Å². The van der Waals surface area contributed by atoms with E-state index < -0.39 is 10.0 Å². The predicted octanol–water partition coefficient (Wildman–Crippen LogP) is 1.45. The van der Waals surface area contributed by atoms with Crippen molar-refractivity contribution in [1.29, 1.82) is 0 Å². The summed E-state index contributed by atoms with van der Waals surface area (Å²) in [7, 11) is -3.48. The number of nitrogens with two attached hydrogens (primary N) is 1. The van der Waals surface area contributed by atoms with Crippen molar-refractivity contribution in [2.45, 2.75) is 31.6 Å². The van der Waals surface area contributed by atoms with Gasteiger partial charge in [-0.15, -0.1) is 0 Å². The molecular weight excluding hydrogens is 290 g/mol. The summed E-state index contributed by atoms with van der Waals surface area (Å²) in [6.07, 6.45) is 1.14. The van der Waals surface area contributed by atoms with Crippen LogP contribution in [-0.2, 0) is 10.0 Å². The molecule has 1 aliphatic rings. The Morgan fingerprint density at radius 1 is 1.33 bits per heavy atom. The number of hydrogen-bond acceptors (Lipinski definition) is 4. The van der Waals surface area contributed by atoms with Crippen molar-refractivity contribution in [3.63, 3.8) is 0 Å². The van der Waals surface area contributed by atoms with Gasteiger partial charge in [-0.2, -0.15) is 4.31 Å². The Bertz CT molecular complexity index is 647. The molecule has 116 valence electrons. The molecule has 2 rings (SSSR count). The van der Waals surface area contributed by atoms with Crippen molar-refractivity contribution in [1.82, 2.24) is 4.31 Å². The molecule has 1 fully saturated rings. The van der Waals surface area contributed by atoms with Crippen molar-refractivity contribution in [2.24, 2.45) is 16.8 Å². The van der Waals surface area contributed by atoms with E-state index in [0.717, 1.165) is 11.1 Å². The molecule has 0 unspecified atom stereocenters. The van der Waals surface area contributed by atoms with Crippen LogP contribution in [0.25, 0.3) is 0 Å². The van der Waals surface area contributed by atoms with E-state index in [2.05, 4.69) is 5.16 Å². The molecule has 0 bridgehead atoms. The molecule has 3 N–H and O–H groups in total. The summed E-state index contributed by atoms with van der Waals surface area (Å²) in [5, 5.41) is 11.7. The molecule has 1 aliphatic heterocycles. The maximum absolute atomic E-state index is 12.7. The Balaban J connectivity index is 2.19. The van der Waals surface area contributed by atoms with Gasteiger partial charge in [0.05, 0.1) is 4.90 Å². The second kappa shape index (κ2) is 6.03. The molecule has 0 radical (unpaired) electrons. The number of hydrogen-bond donors (Lipinski definition) is 2. The highest BCUT2D eigenvalue weighted by molar-refractivity contribution is 7.89. The van der Waals surface area contributed by atoms with Gasteiger partial charge in [0.15, 0.2) is 0 Å². The van der Waals surface area contributed by atoms with Crippen molar-refractivity contribution in [3.05, 3.63) is 29.3 Å². The van der Waals surface area contributed by atoms with Gasteiger partial charge in [0.25, 0.3) is 0 Å². The average Bonchev–Trinajstić information content (AvgIpc) is 2.46. The van der Waals surface area contributed by atoms with Crippen LogP contribution in [0.3, 0.4) is 0 Å². The minimum atomic E-state index is -3.48. The van der Waals surface area contributed by atoms with Crippen LogP contribution in [0, 0.1) is 19.8 Å². The summed E-state index contributed by atoms with van der Waals surface area (Å²) in [6, 6.07) is 5.34. The zero-order valence-electron chi connectivity index (χ0n) is 12.3. The maximum atomic E-state index is 12.7. The first-order valence-electron chi connectivity index (χ1n) is 6.91. The van der Waals surface area contributed by atoms with Crippen LogP contribution in [-0.4, -0.2) is 36.9 Å². The van der Waals surface area contributed by atoms with Crippen molar-refractivity contribution < 1.29 is 13.6 Å². The quantitative estimate of drug-likeness (QED) is 0.382. The number of rotatable bonds is 3. The third-order valence-corrected chi connectivity index (χ3v) is 5.99. The zero-order valence-corrected chi connectivity index (χ0v) is 13.1. The molecule has 21 heavy (non-hydrogen) atoms. The molecule has 6 nitrogen and oxygen atoms in total. The Kier molecular flexibility index (Phi) is 4.53. The lowest BCUT2D eigenvalue weighted by Crippen LogP contribution is -2.41. The molecule has 1 aromatic carbocycles. The van der Waals surface area contributed by atoms with E-state index in [-0.39, 0.29) is 11.8 Å². The zero-order chi connectivity index (χ0) is 15.6. The summed E-state index contributed by atoms with van der Waals surface area (Å²) in [5.41, 5.74) is 7.38. The van der Waals surface area contributed by atoms with Crippen molar-refractivity contribution in [2.75, 3.05) is 13.1 Å². The first-order chi connectivity index (χ1) is 9.86. The number of aryl methyl sites for hydroxylation is 2. The van der Waals surface area contributed by atoms with Crippen LogP contribution in [0.15, 0.2) is 28.3 Å². The molecule has 0 amide bonds. The fraction of sp³-hybridized carbons (Fsp3) is 0.500. The largest absolute Gasteiger partial charge is 0.409 e. The van der Waals surface area contributed by atoms with Gasteiger partial charge in [-0.05, 0) is 38.3 Å². The lowest BCUT2D eigenvalue weighted by Gasteiger charge is -2.30. The molecule has 7 heteroatoms. The number of benzene rings is 1. The van der Waals surface area contributed by atoms with Crippen LogP contribution >= 0.6 is 0 Å². The Labute approximate surface area is 125 Å². The fourth-order valence-corrected chi connectivity index (χ4v) is 4.38. The number of amidine groups is 1. The minimum absolute atomic E-state index is 0.0550. The average molecular weight is 311 g/mol. The molecule has 0 aliphatic carbocycles. The third kappa shape index (κ3) is 3.19. The molecule has 0 spiro atoms. The lowest BCUT2D eigenvalue weighted by molar-refractivity contribution is 0.291. The van der Waals surface area contributed by atoms with E-state index in [1.165, 1.54) is 4.31 Å². The highest BCUT2D eigenvalue weighted by Crippen LogP contribution is 2.26. The standard InChI is InChI=1S/C14H21N3O3S/c1-10-3-4-13(11(2)9-10)21(19,20)17-7-5-12(6-8-17)14(15)16-18/h3-4,9,12,18H,5-8H2,1-2H3,(H2,15,16). The van der Waals surface area contributed by atoms with Gasteiger partial charge in [0, 0.05) is 19.0 Å². The van der Waals surface area contributed by atoms with Gasteiger partial charge in [0.2, 0.25) is 10.0 Å². The molecule has 0 atom stereocenters. The van der Waals surface area contributed by atoms with Gasteiger partial charge in [-0.3, -0.25) is 0 Å². The Morgan fingerprint density at radius 3 is 2.48 bits per heavy atom. The highest BCUT2D eigenvalue weighted by Gasteiger charge is 2.31. The van der Waals surface area contributed by atoms with Crippen LogP contribution < -0.4 is 5.73 Å². The van der Waals surface area contributed by atoms with E-state index >= 15 is 0 Å². The number of nitrogens with zero attached hydrogens (tertiary/aromatic N) is 2.